The smallest absolute Gasteiger partial charge is 0.253 e. The van der Waals surface area contributed by atoms with Gasteiger partial charge in [0.25, 0.3) is 5.91 Å². The fourth-order valence-corrected chi connectivity index (χ4v) is 4.11. The Morgan fingerprint density at radius 2 is 2.09 bits per heavy atom. The van der Waals surface area contributed by atoms with Crippen molar-refractivity contribution >= 4 is 52.2 Å². The Labute approximate surface area is 215 Å². The van der Waals surface area contributed by atoms with Crippen LogP contribution in [0.3, 0.4) is 0 Å². The first-order valence-electron chi connectivity index (χ1n) is 10.3. The van der Waals surface area contributed by atoms with Gasteiger partial charge in [0.2, 0.25) is 0 Å². The fourth-order valence-electron chi connectivity index (χ4n) is 2.87. The van der Waals surface area contributed by atoms with Crippen LogP contribution in [-0.4, -0.2) is 44.4 Å². The van der Waals surface area contributed by atoms with E-state index in [2.05, 4.69) is 55.2 Å². The predicted molar refractivity (Wildman–Crippen MR) is 142 cm³/mol. The molecule has 9 nitrogen and oxygen atoms in total. The fraction of sp³-hybridized carbons (Fsp3) is 0.217. The zero-order valence-corrected chi connectivity index (χ0v) is 21.7. The molecule has 11 heteroatoms. The number of benzene rings is 2. The van der Waals surface area contributed by atoms with Crippen molar-refractivity contribution in [2.45, 2.75) is 30.4 Å². The van der Waals surface area contributed by atoms with Gasteiger partial charge in [-0.3, -0.25) is 4.79 Å². The van der Waals surface area contributed by atoms with E-state index in [1.807, 2.05) is 28.8 Å². The second-order valence-electron chi connectivity index (χ2n) is 7.05. The number of nitrogens with zero attached hydrogens (tertiary/aromatic N) is 4. The number of anilines is 1. The van der Waals surface area contributed by atoms with Crippen molar-refractivity contribution in [2.24, 2.45) is 5.10 Å². The molecule has 2 aromatic carbocycles. The number of allylic oxidation sites excluding steroid dienone is 1. The van der Waals surface area contributed by atoms with Crippen LogP contribution in [0.25, 0.3) is 0 Å². The van der Waals surface area contributed by atoms with Gasteiger partial charge in [0.15, 0.2) is 22.5 Å². The van der Waals surface area contributed by atoms with Crippen molar-refractivity contribution in [2.75, 3.05) is 12.4 Å². The number of aromatic hydroxyl groups is 1. The third-order valence-corrected chi connectivity index (χ3v) is 6.48. The Morgan fingerprint density at radius 3 is 2.79 bits per heavy atom. The number of hydrogen-bond donors (Lipinski definition) is 3. The molecule has 3 rings (SSSR count). The molecule has 0 unspecified atom stereocenters. The van der Waals surface area contributed by atoms with Crippen LogP contribution in [0.2, 0.25) is 0 Å². The lowest BCUT2D eigenvalue weighted by Crippen LogP contribution is -2.27. The Hall–Kier alpha value is -3.06. The van der Waals surface area contributed by atoms with Crippen molar-refractivity contribution in [1.82, 2.24) is 20.2 Å². The standard InChI is InChI=1S/C23H25IN6O3S/c1-4-12-30-20(14-25-18-10-8-17(24)9-11-18)27-29-23(30)34-15(2)22(32)28-26-13-16-6-5-7-19(33-3)21(16)31/h4-11,13,15,25,31H,1,12,14H2,2-3H3,(H,28,32)/t15-/m1/s1. The van der Waals surface area contributed by atoms with Crippen molar-refractivity contribution in [3.63, 3.8) is 0 Å². The van der Waals surface area contributed by atoms with Gasteiger partial charge in [-0.05, 0) is 65.9 Å². The lowest BCUT2D eigenvalue weighted by Gasteiger charge is -2.12. The number of halogens is 1. The predicted octanol–water partition coefficient (Wildman–Crippen LogP) is 4.03. The highest BCUT2D eigenvalue weighted by atomic mass is 127. The molecule has 1 aromatic heterocycles. The Morgan fingerprint density at radius 1 is 1.32 bits per heavy atom. The van der Waals surface area contributed by atoms with Gasteiger partial charge in [-0.1, -0.05) is 23.9 Å². The van der Waals surface area contributed by atoms with E-state index in [0.717, 1.165) is 15.1 Å². The van der Waals surface area contributed by atoms with E-state index in [1.165, 1.54) is 25.1 Å². The molecule has 0 spiro atoms. The van der Waals surface area contributed by atoms with Gasteiger partial charge in [-0.15, -0.1) is 16.8 Å². The number of rotatable bonds is 11. The maximum atomic E-state index is 12.5. The molecule has 3 N–H and O–H groups in total. The minimum absolute atomic E-state index is 0.0469. The third kappa shape index (κ3) is 6.73. The van der Waals surface area contributed by atoms with Gasteiger partial charge in [-0.25, -0.2) is 5.43 Å². The van der Waals surface area contributed by atoms with E-state index in [9.17, 15) is 9.90 Å². The van der Waals surface area contributed by atoms with E-state index >= 15 is 0 Å². The molecule has 1 heterocycles. The molecule has 0 aliphatic carbocycles. The van der Waals surface area contributed by atoms with Crippen molar-refractivity contribution in [3.05, 3.63) is 70.1 Å². The molecule has 3 aromatic rings. The molecule has 34 heavy (non-hydrogen) atoms. The number of carbonyl (C=O) groups is 1. The average molecular weight is 592 g/mol. The summed E-state index contributed by atoms with van der Waals surface area (Å²) in [5.41, 5.74) is 3.90. The molecular weight excluding hydrogens is 567 g/mol. The second-order valence-corrected chi connectivity index (χ2v) is 9.60. The number of methoxy groups -OCH3 is 1. The van der Waals surface area contributed by atoms with Crippen LogP contribution in [0.4, 0.5) is 5.69 Å². The maximum absolute atomic E-state index is 12.5. The molecule has 0 saturated carbocycles. The zero-order chi connectivity index (χ0) is 24.5. The van der Waals surface area contributed by atoms with E-state index in [1.54, 1.807) is 31.2 Å². The lowest BCUT2D eigenvalue weighted by molar-refractivity contribution is -0.120. The molecule has 0 radical (unpaired) electrons. The van der Waals surface area contributed by atoms with Crippen LogP contribution >= 0.6 is 34.4 Å². The molecule has 0 fully saturated rings. The summed E-state index contributed by atoms with van der Waals surface area (Å²) in [6.07, 6.45) is 3.12. The Kier molecular flexibility index (Phi) is 9.33. The molecule has 1 atom stereocenters. The van der Waals surface area contributed by atoms with Crippen molar-refractivity contribution < 1.29 is 14.6 Å². The Bertz CT molecular complexity index is 1170. The third-order valence-electron chi connectivity index (χ3n) is 4.68. The monoisotopic (exact) mass is 592 g/mol. The van der Waals surface area contributed by atoms with Crippen LogP contribution < -0.4 is 15.5 Å². The van der Waals surface area contributed by atoms with Crippen LogP contribution in [-0.2, 0) is 17.9 Å². The zero-order valence-electron chi connectivity index (χ0n) is 18.7. The quantitative estimate of drug-likeness (QED) is 0.101. The topological polar surface area (TPSA) is 114 Å². The number of para-hydroxylation sites is 1. The van der Waals surface area contributed by atoms with E-state index < -0.39 is 5.25 Å². The van der Waals surface area contributed by atoms with Gasteiger partial charge >= 0.3 is 0 Å². The summed E-state index contributed by atoms with van der Waals surface area (Å²) in [6.45, 7) is 6.57. The number of aromatic nitrogens is 3. The number of nitrogens with one attached hydrogen (secondary N) is 2. The molecule has 178 valence electrons. The lowest BCUT2D eigenvalue weighted by atomic mass is 10.2. The second kappa shape index (κ2) is 12.4. The molecule has 0 aliphatic heterocycles. The molecular formula is C23H25IN6O3S. The number of phenolic OH excluding ortho intramolecular Hbond substituents is 1. The summed E-state index contributed by atoms with van der Waals surface area (Å²) < 4.78 is 8.14. The van der Waals surface area contributed by atoms with Crippen LogP contribution in [0.5, 0.6) is 11.5 Å². The number of hydrazone groups is 1. The van der Waals surface area contributed by atoms with Gasteiger partial charge in [-0.2, -0.15) is 5.10 Å². The summed E-state index contributed by atoms with van der Waals surface area (Å²) in [4.78, 5) is 12.5. The van der Waals surface area contributed by atoms with Crippen LogP contribution in [0.1, 0.15) is 18.3 Å². The SMILES string of the molecule is C=CCn1c(CNc2ccc(I)cc2)nnc1S[C@H](C)C(=O)NN=Cc1cccc(OC)c1O. The summed E-state index contributed by atoms with van der Waals surface area (Å²) >= 11 is 3.54. The number of amides is 1. The summed E-state index contributed by atoms with van der Waals surface area (Å²) in [5.74, 6) is 0.706. The van der Waals surface area contributed by atoms with Crippen LogP contribution in [0, 0.1) is 3.57 Å². The van der Waals surface area contributed by atoms with E-state index in [4.69, 9.17) is 4.74 Å². The molecule has 0 saturated heterocycles. The first kappa shape index (κ1) is 25.6. The van der Waals surface area contributed by atoms with E-state index in [0.29, 0.717) is 29.6 Å². The number of hydrogen-bond acceptors (Lipinski definition) is 8. The summed E-state index contributed by atoms with van der Waals surface area (Å²) in [6, 6.07) is 13.1. The average Bonchev–Trinajstić information content (AvgIpc) is 3.21. The van der Waals surface area contributed by atoms with Crippen molar-refractivity contribution in [1.29, 1.82) is 0 Å². The van der Waals surface area contributed by atoms with Gasteiger partial charge in [0.05, 0.1) is 25.1 Å². The number of ether oxygens (including phenoxy) is 1. The van der Waals surface area contributed by atoms with Gasteiger partial charge in [0.1, 0.15) is 0 Å². The Balaban J connectivity index is 1.61. The first-order chi connectivity index (χ1) is 16.4. The largest absolute Gasteiger partial charge is 0.504 e. The number of phenols is 1. The number of thioether (sulfide) groups is 1. The maximum Gasteiger partial charge on any atom is 0.253 e. The van der Waals surface area contributed by atoms with E-state index in [-0.39, 0.29) is 11.7 Å². The summed E-state index contributed by atoms with van der Waals surface area (Å²) in [7, 11) is 1.46. The highest BCUT2D eigenvalue weighted by Crippen LogP contribution is 2.28. The highest BCUT2D eigenvalue weighted by molar-refractivity contribution is 14.1. The number of carbonyl (C=O) groups excluding carboxylic acids is 1. The van der Waals surface area contributed by atoms with Gasteiger partial charge in [0, 0.05) is 21.4 Å². The normalized spacial score (nSPS) is 11.9. The minimum atomic E-state index is -0.485. The van der Waals surface area contributed by atoms with Gasteiger partial charge < -0.3 is 19.7 Å². The highest BCUT2D eigenvalue weighted by Gasteiger charge is 2.19. The molecule has 0 aliphatic rings. The minimum Gasteiger partial charge on any atom is -0.504 e. The van der Waals surface area contributed by atoms with Crippen LogP contribution in [0.15, 0.2) is 65.4 Å². The summed E-state index contributed by atoms with van der Waals surface area (Å²) in [5, 5.41) is 26.1. The first-order valence-corrected chi connectivity index (χ1v) is 12.3. The van der Waals surface area contributed by atoms with Crippen molar-refractivity contribution in [3.8, 4) is 11.5 Å². The molecule has 0 bridgehead atoms. The molecule has 1 amide bonds.